The highest BCUT2D eigenvalue weighted by Gasteiger charge is 2.20. The summed E-state index contributed by atoms with van der Waals surface area (Å²) < 4.78 is 5.21. The quantitative estimate of drug-likeness (QED) is 0.318. The maximum absolute atomic E-state index is 13.1. The molecule has 0 bridgehead atoms. The van der Waals surface area contributed by atoms with Gasteiger partial charge in [-0.25, -0.2) is 0 Å². The molecule has 0 aliphatic rings. The zero-order valence-corrected chi connectivity index (χ0v) is 23.2. The molecule has 38 heavy (non-hydrogen) atoms. The Hall–Kier alpha value is -3.97. The highest BCUT2D eigenvalue weighted by Crippen LogP contribution is 2.27. The molecule has 0 radical (unpaired) electrons. The topological polar surface area (TPSA) is 100 Å². The number of H-pyrrole nitrogens is 1. The first-order valence-electron chi connectivity index (χ1n) is 12.7. The van der Waals surface area contributed by atoms with Gasteiger partial charge in [0.05, 0.1) is 17.7 Å². The second-order valence-corrected chi connectivity index (χ2v) is 9.67. The molecule has 7 nitrogen and oxygen atoms in total. The van der Waals surface area contributed by atoms with Crippen LogP contribution >= 0.6 is 0 Å². The zero-order valence-electron chi connectivity index (χ0n) is 23.2. The zero-order chi connectivity index (χ0) is 28.0. The fraction of sp³-hybridized carbons (Fsp3) is 0.323. The lowest BCUT2D eigenvalue weighted by Crippen LogP contribution is -2.32. The third kappa shape index (κ3) is 6.66. The number of hydrogen-bond acceptors (Lipinski definition) is 4. The van der Waals surface area contributed by atoms with Crippen LogP contribution in [0.3, 0.4) is 0 Å². The number of methoxy groups -OCH3 is 1. The van der Waals surface area contributed by atoms with E-state index in [1.165, 1.54) is 6.92 Å². The van der Waals surface area contributed by atoms with E-state index in [4.69, 9.17) is 4.74 Å². The van der Waals surface area contributed by atoms with Gasteiger partial charge in [-0.2, -0.15) is 0 Å². The van der Waals surface area contributed by atoms with Gasteiger partial charge >= 0.3 is 0 Å². The summed E-state index contributed by atoms with van der Waals surface area (Å²) in [6, 6.07) is 14.9. The van der Waals surface area contributed by atoms with Gasteiger partial charge in [0.15, 0.2) is 5.78 Å². The van der Waals surface area contributed by atoms with E-state index < -0.39 is 0 Å². The maximum atomic E-state index is 13.1. The van der Waals surface area contributed by atoms with Gasteiger partial charge in [-0.15, -0.1) is 0 Å². The van der Waals surface area contributed by atoms with Gasteiger partial charge in [-0.1, -0.05) is 36.4 Å². The number of hydrogen-bond donors (Lipinski definition) is 3. The van der Waals surface area contributed by atoms with Crippen LogP contribution in [-0.4, -0.2) is 42.3 Å². The lowest BCUT2D eigenvalue weighted by molar-refractivity contribution is -0.111. The molecular formula is C31H37N3O4. The molecule has 3 rings (SSSR count). The van der Waals surface area contributed by atoms with Gasteiger partial charge < -0.3 is 20.4 Å². The highest BCUT2D eigenvalue weighted by molar-refractivity contribution is 6.25. The number of aromatic amines is 1. The molecule has 1 heterocycles. The van der Waals surface area contributed by atoms with Crippen molar-refractivity contribution in [2.75, 3.05) is 13.7 Å². The Morgan fingerprint density at radius 3 is 2.32 bits per heavy atom. The van der Waals surface area contributed by atoms with Crippen LogP contribution in [0.25, 0.3) is 11.6 Å². The standard InChI is InChI=1S/C31H37N3O4/c1-18-13-14-25(30(36)34-21(4)24-11-9-8-10-12-24)15-26(18)27(23(6)35)16-28-20(3)29(22(5)33-28)31(37)32-17-19(2)38-7/h8-16,19,21,33H,17H2,1-7H3,(H,32,37)(H,34,36)/b27-16+. The lowest BCUT2D eigenvalue weighted by Gasteiger charge is -2.16. The second kappa shape index (κ2) is 12.5. The molecular weight excluding hydrogens is 478 g/mol. The first-order valence-corrected chi connectivity index (χ1v) is 12.7. The molecule has 0 aliphatic carbocycles. The van der Waals surface area contributed by atoms with Crippen molar-refractivity contribution in [2.45, 2.75) is 53.7 Å². The summed E-state index contributed by atoms with van der Waals surface area (Å²) in [6.07, 6.45) is 1.65. The number of ketones is 1. The van der Waals surface area contributed by atoms with Crippen molar-refractivity contribution in [3.8, 4) is 0 Å². The molecule has 0 saturated carbocycles. The van der Waals surface area contributed by atoms with Crippen molar-refractivity contribution in [1.29, 1.82) is 0 Å². The number of ether oxygens (including phenoxy) is 1. The number of Topliss-reactive ketones (excluding diaryl/α,β-unsaturated/α-hetero) is 1. The second-order valence-electron chi connectivity index (χ2n) is 9.67. The molecule has 7 heteroatoms. The molecule has 3 aromatic rings. The Balaban J connectivity index is 1.93. The minimum atomic E-state index is -0.221. The predicted octanol–water partition coefficient (Wildman–Crippen LogP) is 5.33. The van der Waals surface area contributed by atoms with E-state index in [9.17, 15) is 14.4 Å². The van der Waals surface area contributed by atoms with Crippen molar-refractivity contribution >= 4 is 29.2 Å². The third-order valence-electron chi connectivity index (χ3n) is 6.76. The minimum Gasteiger partial charge on any atom is -0.380 e. The van der Waals surface area contributed by atoms with Crippen LogP contribution in [0.1, 0.15) is 81.2 Å². The SMILES string of the molecule is COC(C)CNC(=O)c1c(C)[nH]c(/C=C(\C(C)=O)c2cc(C(=O)NC(C)c3ccccc3)ccc2C)c1C. The molecule has 0 fully saturated rings. The molecule has 2 atom stereocenters. The monoisotopic (exact) mass is 515 g/mol. The lowest BCUT2D eigenvalue weighted by atomic mass is 9.94. The Morgan fingerprint density at radius 2 is 1.68 bits per heavy atom. The molecule has 0 saturated heterocycles. The summed E-state index contributed by atoms with van der Waals surface area (Å²) in [6.45, 7) is 11.3. The van der Waals surface area contributed by atoms with Gasteiger partial charge in [0, 0.05) is 36.2 Å². The summed E-state index contributed by atoms with van der Waals surface area (Å²) in [5.74, 6) is -0.567. The molecule has 0 spiro atoms. The summed E-state index contributed by atoms with van der Waals surface area (Å²) in [7, 11) is 1.60. The summed E-state index contributed by atoms with van der Waals surface area (Å²) >= 11 is 0. The van der Waals surface area contributed by atoms with E-state index in [0.717, 1.165) is 16.7 Å². The van der Waals surface area contributed by atoms with Gasteiger partial charge in [0.25, 0.3) is 11.8 Å². The van der Waals surface area contributed by atoms with Gasteiger partial charge in [0.1, 0.15) is 0 Å². The minimum absolute atomic E-state index is 0.106. The van der Waals surface area contributed by atoms with Crippen molar-refractivity contribution in [1.82, 2.24) is 15.6 Å². The van der Waals surface area contributed by atoms with Crippen LogP contribution in [0.2, 0.25) is 0 Å². The van der Waals surface area contributed by atoms with Crippen LogP contribution in [0.4, 0.5) is 0 Å². The Morgan fingerprint density at radius 1 is 1.00 bits per heavy atom. The van der Waals surface area contributed by atoms with Gasteiger partial charge in [-0.3, -0.25) is 14.4 Å². The summed E-state index contributed by atoms with van der Waals surface area (Å²) in [4.78, 5) is 42.0. The number of aromatic nitrogens is 1. The average molecular weight is 516 g/mol. The van der Waals surface area contributed by atoms with Gasteiger partial charge in [-0.05, 0) is 82.0 Å². The number of nitrogens with one attached hydrogen (secondary N) is 3. The van der Waals surface area contributed by atoms with Crippen LogP contribution in [0.5, 0.6) is 0 Å². The number of carbonyl (C=O) groups excluding carboxylic acids is 3. The number of allylic oxidation sites excluding steroid dienone is 1. The largest absolute Gasteiger partial charge is 0.380 e. The van der Waals surface area contributed by atoms with E-state index >= 15 is 0 Å². The number of rotatable bonds is 10. The summed E-state index contributed by atoms with van der Waals surface area (Å²) in [5, 5.41) is 5.92. The van der Waals surface area contributed by atoms with E-state index in [-0.39, 0.29) is 29.7 Å². The van der Waals surface area contributed by atoms with E-state index in [1.54, 1.807) is 25.3 Å². The Labute approximate surface area is 224 Å². The number of aryl methyl sites for hydroxylation is 2. The number of benzene rings is 2. The first kappa shape index (κ1) is 28.6. The first-order chi connectivity index (χ1) is 18.0. The molecule has 1 aromatic heterocycles. The molecule has 2 unspecified atom stereocenters. The average Bonchev–Trinajstić information content (AvgIpc) is 3.18. The fourth-order valence-electron chi connectivity index (χ4n) is 4.34. The van der Waals surface area contributed by atoms with Crippen molar-refractivity contribution in [3.05, 3.63) is 93.3 Å². The molecule has 2 amide bonds. The van der Waals surface area contributed by atoms with Crippen LogP contribution in [0, 0.1) is 20.8 Å². The van der Waals surface area contributed by atoms with Crippen molar-refractivity contribution in [3.63, 3.8) is 0 Å². The van der Waals surface area contributed by atoms with Crippen molar-refractivity contribution < 1.29 is 19.1 Å². The van der Waals surface area contributed by atoms with E-state index in [2.05, 4.69) is 15.6 Å². The Bertz CT molecular complexity index is 1350. The van der Waals surface area contributed by atoms with Gasteiger partial charge in [0.2, 0.25) is 0 Å². The van der Waals surface area contributed by atoms with Crippen LogP contribution in [0.15, 0.2) is 48.5 Å². The molecule has 2 aromatic carbocycles. The smallest absolute Gasteiger partial charge is 0.253 e. The molecule has 3 N–H and O–H groups in total. The predicted molar refractivity (Wildman–Crippen MR) is 151 cm³/mol. The van der Waals surface area contributed by atoms with E-state index in [0.29, 0.717) is 40.2 Å². The molecule has 0 aliphatic heterocycles. The highest BCUT2D eigenvalue weighted by atomic mass is 16.5. The third-order valence-corrected chi connectivity index (χ3v) is 6.76. The molecule has 200 valence electrons. The normalized spacial score (nSPS) is 13.1. The van der Waals surface area contributed by atoms with Crippen molar-refractivity contribution in [2.24, 2.45) is 0 Å². The maximum Gasteiger partial charge on any atom is 0.253 e. The number of carbonyl (C=O) groups is 3. The Kier molecular flexibility index (Phi) is 9.42. The summed E-state index contributed by atoms with van der Waals surface area (Å²) in [5.41, 5.74) is 6.13. The number of amides is 2. The van der Waals surface area contributed by atoms with Crippen LogP contribution < -0.4 is 10.6 Å². The fourth-order valence-corrected chi connectivity index (χ4v) is 4.34. The van der Waals surface area contributed by atoms with E-state index in [1.807, 2.05) is 71.0 Å². The van der Waals surface area contributed by atoms with Crippen LogP contribution in [-0.2, 0) is 9.53 Å².